The molecule has 84 valence electrons. The maximum atomic E-state index is 10.5. The summed E-state index contributed by atoms with van der Waals surface area (Å²) in [6.07, 6.45) is 2.85. The minimum Gasteiger partial charge on any atom is -0.490 e. The molecule has 0 unspecified atom stereocenters. The molecule has 0 radical (unpaired) electrons. The number of ether oxygens (including phenoxy) is 1. The molecule has 0 heterocycles. The summed E-state index contributed by atoms with van der Waals surface area (Å²) < 4.78 is 5.32. The van der Waals surface area contributed by atoms with Crippen molar-refractivity contribution in [3.8, 4) is 5.75 Å². The van der Waals surface area contributed by atoms with E-state index in [1.807, 2.05) is 12.1 Å². The lowest BCUT2D eigenvalue weighted by Gasteiger charge is -2.04. The fourth-order valence-corrected chi connectivity index (χ4v) is 1.24. The van der Waals surface area contributed by atoms with Crippen molar-refractivity contribution in [3.63, 3.8) is 0 Å². The first kappa shape index (κ1) is 12.0. The number of carboxylic acids is 1. The van der Waals surface area contributed by atoms with Gasteiger partial charge in [0.25, 0.3) is 0 Å². The van der Waals surface area contributed by atoms with Gasteiger partial charge in [0.1, 0.15) is 12.4 Å². The molecule has 0 bridgehead atoms. The van der Waals surface area contributed by atoms with E-state index in [0.717, 1.165) is 11.3 Å². The number of carbonyl (C=O) groups is 1. The van der Waals surface area contributed by atoms with Gasteiger partial charge < -0.3 is 9.84 Å². The summed E-state index contributed by atoms with van der Waals surface area (Å²) >= 11 is 0. The van der Waals surface area contributed by atoms with Crippen molar-refractivity contribution in [3.05, 3.63) is 48.6 Å². The Bertz CT molecular complexity index is 402. The van der Waals surface area contributed by atoms with Crippen LogP contribution in [0.2, 0.25) is 0 Å². The van der Waals surface area contributed by atoms with Crippen molar-refractivity contribution >= 4 is 11.5 Å². The van der Waals surface area contributed by atoms with E-state index in [9.17, 15) is 4.79 Å². The molecular weight excluding hydrogens is 204 g/mol. The molecule has 16 heavy (non-hydrogen) atoms. The molecule has 3 nitrogen and oxygen atoms in total. The van der Waals surface area contributed by atoms with Gasteiger partial charge in [0.05, 0.1) is 0 Å². The lowest BCUT2D eigenvalue weighted by atomic mass is 10.1. The number of rotatable bonds is 5. The van der Waals surface area contributed by atoms with Crippen LogP contribution in [0.25, 0.3) is 5.57 Å². The minimum atomic E-state index is -0.940. The molecule has 0 aliphatic rings. The maximum absolute atomic E-state index is 10.5. The number of benzene rings is 1. The summed E-state index contributed by atoms with van der Waals surface area (Å²) in [6, 6.07) is 7.26. The highest BCUT2D eigenvalue weighted by molar-refractivity contribution is 5.89. The molecule has 0 saturated carbocycles. The molecule has 0 saturated heterocycles. The summed E-state index contributed by atoms with van der Waals surface area (Å²) in [7, 11) is 0. The van der Waals surface area contributed by atoms with E-state index in [-0.39, 0.29) is 0 Å². The van der Waals surface area contributed by atoms with Crippen molar-refractivity contribution in [2.24, 2.45) is 0 Å². The molecule has 1 aromatic carbocycles. The van der Waals surface area contributed by atoms with Crippen LogP contribution in [-0.2, 0) is 4.79 Å². The number of aliphatic carboxylic acids is 1. The molecule has 3 heteroatoms. The standard InChI is InChI=1S/C13H14O3/c1-3-8-16-12-6-4-11(5-7-12)10(2)9-13(14)15/h3-7,9H,1,8H2,2H3,(H,14,15). The van der Waals surface area contributed by atoms with Crippen molar-refractivity contribution in [1.29, 1.82) is 0 Å². The molecule has 0 spiro atoms. The molecular formula is C13H14O3. The van der Waals surface area contributed by atoms with E-state index >= 15 is 0 Å². The lowest BCUT2D eigenvalue weighted by Crippen LogP contribution is -1.93. The van der Waals surface area contributed by atoms with Crippen LogP contribution in [0.15, 0.2) is 43.0 Å². The molecule has 1 aromatic rings. The van der Waals surface area contributed by atoms with E-state index < -0.39 is 5.97 Å². The Balaban J connectivity index is 2.78. The highest BCUT2D eigenvalue weighted by Gasteiger charge is 1.99. The Morgan fingerprint density at radius 1 is 1.44 bits per heavy atom. The second-order valence-electron chi connectivity index (χ2n) is 3.29. The lowest BCUT2D eigenvalue weighted by molar-refractivity contribution is -0.131. The third-order valence-corrected chi connectivity index (χ3v) is 2.02. The Labute approximate surface area is 94.7 Å². The van der Waals surface area contributed by atoms with Gasteiger partial charge in [-0.15, -0.1) is 0 Å². The average Bonchev–Trinajstić information content (AvgIpc) is 2.26. The van der Waals surface area contributed by atoms with Crippen LogP contribution in [0.5, 0.6) is 5.75 Å². The van der Waals surface area contributed by atoms with Crippen LogP contribution in [0.4, 0.5) is 0 Å². The normalized spacial score (nSPS) is 10.9. The zero-order chi connectivity index (χ0) is 12.0. The van der Waals surface area contributed by atoms with Crippen LogP contribution in [-0.4, -0.2) is 17.7 Å². The Hall–Kier alpha value is -2.03. The van der Waals surface area contributed by atoms with Crippen molar-refractivity contribution < 1.29 is 14.6 Å². The van der Waals surface area contributed by atoms with Crippen LogP contribution in [0.1, 0.15) is 12.5 Å². The van der Waals surface area contributed by atoms with Crippen molar-refractivity contribution in [2.75, 3.05) is 6.61 Å². The Morgan fingerprint density at radius 3 is 2.56 bits per heavy atom. The van der Waals surface area contributed by atoms with E-state index in [0.29, 0.717) is 12.2 Å². The Kier molecular flexibility index (Phi) is 4.33. The molecule has 0 atom stereocenters. The summed E-state index contributed by atoms with van der Waals surface area (Å²) in [5.41, 5.74) is 1.58. The van der Waals surface area contributed by atoms with Gasteiger partial charge in [-0.3, -0.25) is 0 Å². The SMILES string of the molecule is C=CCOc1ccc(C(C)=CC(=O)O)cc1. The number of carboxylic acid groups (broad SMARTS) is 1. The first-order valence-electron chi connectivity index (χ1n) is 4.89. The van der Waals surface area contributed by atoms with Gasteiger partial charge in [-0.05, 0) is 30.2 Å². The summed E-state index contributed by atoms with van der Waals surface area (Å²) in [5.74, 6) is -0.198. The molecule has 1 N–H and O–H groups in total. The monoisotopic (exact) mass is 218 g/mol. The zero-order valence-electron chi connectivity index (χ0n) is 9.14. The summed E-state index contributed by atoms with van der Waals surface area (Å²) in [5, 5.41) is 8.60. The van der Waals surface area contributed by atoms with Crippen LogP contribution in [0, 0.1) is 0 Å². The quantitative estimate of drug-likeness (QED) is 0.610. The third kappa shape index (κ3) is 3.61. The largest absolute Gasteiger partial charge is 0.490 e. The van der Waals surface area contributed by atoms with Gasteiger partial charge >= 0.3 is 5.97 Å². The van der Waals surface area contributed by atoms with Gasteiger partial charge in [0, 0.05) is 6.08 Å². The predicted molar refractivity (Wildman–Crippen MR) is 63.4 cm³/mol. The van der Waals surface area contributed by atoms with Crippen molar-refractivity contribution in [2.45, 2.75) is 6.92 Å². The topological polar surface area (TPSA) is 46.5 Å². The maximum Gasteiger partial charge on any atom is 0.328 e. The predicted octanol–water partition coefficient (Wildman–Crippen LogP) is 2.74. The first-order chi connectivity index (χ1) is 7.63. The number of allylic oxidation sites excluding steroid dienone is 1. The molecule has 1 rings (SSSR count). The first-order valence-corrected chi connectivity index (χ1v) is 4.89. The smallest absolute Gasteiger partial charge is 0.328 e. The molecule has 0 aliphatic heterocycles. The molecule has 0 amide bonds. The Morgan fingerprint density at radius 2 is 2.06 bits per heavy atom. The van der Waals surface area contributed by atoms with E-state index in [4.69, 9.17) is 9.84 Å². The van der Waals surface area contributed by atoms with Gasteiger partial charge in [0.2, 0.25) is 0 Å². The highest BCUT2D eigenvalue weighted by atomic mass is 16.5. The van der Waals surface area contributed by atoms with Crippen molar-refractivity contribution in [1.82, 2.24) is 0 Å². The van der Waals surface area contributed by atoms with E-state index in [1.54, 1.807) is 25.1 Å². The highest BCUT2D eigenvalue weighted by Crippen LogP contribution is 2.18. The molecule has 0 aromatic heterocycles. The van der Waals surface area contributed by atoms with Crippen LogP contribution in [0.3, 0.4) is 0 Å². The third-order valence-electron chi connectivity index (χ3n) is 2.02. The summed E-state index contributed by atoms with van der Waals surface area (Å²) in [6.45, 7) is 5.77. The molecule has 0 aliphatic carbocycles. The van der Waals surface area contributed by atoms with Gasteiger partial charge in [0.15, 0.2) is 0 Å². The second kappa shape index (κ2) is 5.75. The minimum absolute atomic E-state index is 0.462. The van der Waals surface area contributed by atoms with Crippen LogP contribution < -0.4 is 4.74 Å². The van der Waals surface area contributed by atoms with Crippen LogP contribution >= 0.6 is 0 Å². The van der Waals surface area contributed by atoms with Gasteiger partial charge in [-0.25, -0.2) is 4.79 Å². The van der Waals surface area contributed by atoms with Gasteiger partial charge in [-0.1, -0.05) is 24.8 Å². The second-order valence-corrected chi connectivity index (χ2v) is 3.29. The van der Waals surface area contributed by atoms with E-state index in [1.165, 1.54) is 6.08 Å². The number of hydrogen-bond donors (Lipinski definition) is 1. The fraction of sp³-hybridized carbons (Fsp3) is 0.154. The summed E-state index contributed by atoms with van der Waals surface area (Å²) in [4.78, 5) is 10.5. The molecule has 0 fully saturated rings. The van der Waals surface area contributed by atoms with E-state index in [2.05, 4.69) is 6.58 Å². The number of hydrogen-bond acceptors (Lipinski definition) is 2. The fourth-order valence-electron chi connectivity index (χ4n) is 1.24. The average molecular weight is 218 g/mol. The zero-order valence-corrected chi connectivity index (χ0v) is 9.14. The van der Waals surface area contributed by atoms with Gasteiger partial charge in [-0.2, -0.15) is 0 Å².